The number of aryl methyl sites for hydroxylation is 1. The molecular formula is C19H20N4O3S. The Balaban J connectivity index is 1.92. The van der Waals surface area contributed by atoms with Crippen LogP contribution in [-0.2, 0) is 11.3 Å². The number of amides is 1. The minimum absolute atomic E-state index is 0.148. The number of nitrogens with zero attached hydrogens (tertiary/aromatic N) is 3. The van der Waals surface area contributed by atoms with Crippen LogP contribution in [0, 0.1) is 6.92 Å². The number of nitrogens with one attached hydrogen (secondary N) is 1. The molecule has 140 valence electrons. The third-order valence-corrected chi connectivity index (χ3v) is 5.28. The number of anilines is 1. The molecule has 2 heterocycles. The van der Waals surface area contributed by atoms with Crippen molar-refractivity contribution in [2.24, 2.45) is 0 Å². The zero-order chi connectivity index (χ0) is 19.4. The number of hydrogen-bond donors (Lipinski definition) is 1. The molecule has 0 saturated heterocycles. The number of para-hydroxylation sites is 1. The van der Waals surface area contributed by atoms with Crippen molar-refractivity contribution < 1.29 is 9.32 Å². The first-order valence-electron chi connectivity index (χ1n) is 8.54. The predicted molar refractivity (Wildman–Crippen MR) is 106 cm³/mol. The average molecular weight is 384 g/mol. The number of carbonyl (C=O) groups is 1. The van der Waals surface area contributed by atoms with E-state index in [1.807, 2.05) is 13.0 Å². The second kappa shape index (κ2) is 8.22. The Bertz CT molecular complexity index is 1040. The van der Waals surface area contributed by atoms with Gasteiger partial charge in [0.25, 0.3) is 5.56 Å². The number of carbonyl (C=O) groups excluding carboxylic acids is 1. The number of thioether (sulfide) groups is 1. The standard InChI is InChI=1S/C19H20N4O3S/c1-4-10-23-18(25)13-8-6-7-9-14(13)20-19(23)27-15(5-2)17(24)21-16-11-12(3)26-22-16/h4,6-9,11,15H,1,5,10H2,2-3H3,(H,21,22,24). The summed E-state index contributed by atoms with van der Waals surface area (Å²) < 4.78 is 6.51. The number of allylic oxidation sites excluding steroid dienone is 1. The van der Waals surface area contributed by atoms with Crippen molar-refractivity contribution in [2.45, 2.75) is 37.2 Å². The van der Waals surface area contributed by atoms with Gasteiger partial charge in [0.2, 0.25) is 5.91 Å². The van der Waals surface area contributed by atoms with Gasteiger partial charge < -0.3 is 9.84 Å². The van der Waals surface area contributed by atoms with Crippen molar-refractivity contribution in [3.8, 4) is 0 Å². The van der Waals surface area contributed by atoms with Crippen LogP contribution in [0.2, 0.25) is 0 Å². The lowest BCUT2D eigenvalue weighted by atomic mass is 10.2. The maximum atomic E-state index is 12.8. The third kappa shape index (κ3) is 4.11. The zero-order valence-electron chi connectivity index (χ0n) is 15.1. The van der Waals surface area contributed by atoms with Crippen LogP contribution in [0.3, 0.4) is 0 Å². The van der Waals surface area contributed by atoms with Gasteiger partial charge in [-0.05, 0) is 25.5 Å². The van der Waals surface area contributed by atoms with E-state index in [2.05, 4.69) is 22.0 Å². The fourth-order valence-electron chi connectivity index (χ4n) is 2.61. The van der Waals surface area contributed by atoms with Crippen LogP contribution in [0.1, 0.15) is 19.1 Å². The Kier molecular flexibility index (Phi) is 5.75. The first-order valence-corrected chi connectivity index (χ1v) is 9.42. The fourth-order valence-corrected chi connectivity index (χ4v) is 3.63. The predicted octanol–water partition coefficient (Wildman–Crippen LogP) is 3.39. The molecule has 0 aliphatic carbocycles. The van der Waals surface area contributed by atoms with Crippen LogP contribution in [0.5, 0.6) is 0 Å². The van der Waals surface area contributed by atoms with Gasteiger partial charge in [-0.25, -0.2) is 4.98 Å². The lowest BCUT2D eigenvalue weighted by Crippen LogP contribution is -2.28. The van der Waals surface area contributed by atoms with Gasteiger partial charge in [-0.1, -0.05) is 42.1 Å². The molecule has 0 radical (unpaired) electrons. The number of fused-ring (bicyclic) bond motifs is 1. The van der Waals surface area contributed by atoms with E-state index in [0.717, 1.165) is 0 Å². The third-order valence-electron chi connectivity index (χ3n) is 3.93. The molecule has 3 aromatic rings. The molecule has 27 heavy (non-hydrogen) atoms. The summed E-state index contributed by atoms with van der Waals surface area (Å²) in [4.78, 5) is 30.0. The molecule has 0 fully saturated rings. The molecule has 0 aliphatic rings. The van der Waals surface area contributed by atoms with Crippen molar-refractivity contribution in [3.05, 3.63) is 59.1 Å². The van der Waals surface area contributed by atoms with Gasteiger partial charge in [-0.3, -0.25) is 14.2 Å². The average Bonchev–Trinajstić information content (AvgIpc) is 3.07. The Hall–Kier alpha value is -2.87. The molecule has 3 rings (SSSR count). The smallest absolute Gasteiger partial charge is 0.262 e. The molecule has 0 bridgehead atoms. The minimum atomic E-state index is -0.439. The highest BCUT2D eigenvalue weighted by molar-refractivity contribution is 8.00. The summed E-state index contributed by atoms with van der Waals surface area (Å²) in [6.45, 7) is 7.69. The molecule has 1 aromatic carbocycles. The van der Waals surface area contributed by atoms with Crippen LogP contribution in [-0.4, -0.2) is 25.9 Å². The van der Waals surface area contributed by atoms with Crippen LogP contribution < -0.4 is 10.9 Å². The summed E-state index contributed by atoms with van der Waals surface area (Å²) >= 11 is 1.25. The molecule has 1 unspecified atom stereocenters. The molecule has 0 saturated carbocycles. The number of benzene rings is 1. The van der Waals surface area contributed by atoms with Gasteiger partial charge in [-0.2, -0.15) is 0 Å². The lowest BCUT2D eigenvalue weighted by Gasteiger charge is -2.16. The molecule has 1 N–H and O–H groups in total. The van der Waals surface area contributed by atoms with Crippen LogP contribution in [0.15, 0.2) is 57.5 Å². The number of hydrogen-bond acceptors (Lipinski definition) is 6. The molecule has 7 nitrogen and oxygen atoms in total. The summed E-state index contributed by atoms with van der Waals surface area (Å²) in [5.41, 5.74) is 0.457. The van der Waals surface area contributed by atoms with Crippen molar-refractivity contribution in [1.29, 1.82) is 0 Å². The van der Waals surface area contributed by atoms with E-state index in [4.69, 9.17) is 4.52 Å². The molecule has 8 heteroatoms. The zero-order valence-corrected chi connectivity index (χ0v) is 16.0. The van der Waals surface area contributed by atoms with E-state index < -0.39 is 5.25 Å². The Morgan fingerprint density at radius 3 is 2.89 bits per heavy atom. The van der Waals surface area contributed by atoms with E-state index in [1.165, 1.54) is 16.3 Å². The summed E-state index contributed by atoms with van der Waals surface area (Å²) in [7, 11) is 0. The maximum Gasteiger partial charge on any atom is 0.262 e. The molecule has 1 atom stereocenters. The van der Waals surface area contributed by atoms with Crippen molar-refractivity contribution in [3.63, 3.8) is 0 Å². The van der Waals surface area contributed by atoms with Crippen LogP contribution in [0.25, 0.3) is 10.9 Å². The van der Waals surface area contributed by atoms with Crippen molar-refractivity contribution in [1.82, 2.24) is 14.7 Å². The van der Waals surface area contributed by atoms with Gasteiger partial charge in [0, 0.05) is 12.6 Å². The largest absolute Gasteiger partial charge is 0.360 e. The Morgan fingerprint density at radius 2 is 2.22 bits per heavy atom. The second-order valence-corrected chi connectivity index (χ2v) is 7.11. The second-order valence-electron chi connectivity index (χ2n) is 5.94. The van der Waals surface area contributed by atoms with E-state index in [0.29, 0.717) is 40.6 Å². The highest BCUT2D eigenvalue weighted by atomic mass is 32.2. The summed E-state index contributed by atoms with van der Waals surface area (Å²) in [5, 5.41) is 7.10. The van der Waals surface area contributed by atoms with E-state index in [1.54, 1.807) is 37.3 Å². The Labute approximate surface area is 160 Å². The van der Waals surface area contributed by atoms with Gasteiger partial charge >= 0.3 is 0 Å². The fraction of sp³-hybridized carbons (Fsp3) is 0.263. The highest BCUT2D eigenvalue weighted by Crippen LogP contribution is 2.26. The summed E-state index contributed by atoms with van der Waals surface area (Å²) in [5.74, 6) is 0.761. The van der Waals surface area contributed by atoms with E-state index in [9.17, 15) is 9.59 Å². The summed E-state index contributed by atoms with van der Waals surface area (Å²) in [6.07, 6.45) is 2.20. The topological polar surface area (TPSA) is 90.0 Å². The normalized spacial score (nSPS) is 12.1. The number of rotatable bonds is 7. The van der Waals surface area contributed by atoms with E-state index >= 15 is 0 Å². The van der Waals surface area contributed by atoms with Gasteiger partial charge in [0.1, 0.15) is 5.76 Å². The molecular weight excluding hydrogens is 364 g/mol. The van der Waals surface area contributed by atoms with Crippen LogP contribution in [0.4, 0.5) is 5.82 Å². The Morgan fingerprint density at radius 1 is 1.44 bits per heavy atom. The SMILES string of the molecule is C=CCn1c(SC(CC)C(=O)Nc2cc(C)on2)nc2ccccc2c1=O. The molecule has 0 spiro atoms. The van der Waals surface area contributed by atoms with Gasteiger partial charge in [0.05, 0.1) is 16.2 Å². The minimum Gasteiger partial charge on any atom is -0.360 e. The number of aromatic nitrogens is 3. The molecule has 1 amide bonds. The highest BCUT2D eigenvalue weighted by Gasteiger charge is 2.22. The van der Waals surface area contributed by atoms with Gasteiger partial charge in [0.15, 0.2) is 11.0 Å². The lowest BCUT2D eigenvalue weighted by molar-refractivity contribution is -0.115. The summed E-state index contributed by atoms with van der Waals surface area (Å²) in [6, 6.07) is 8.82. The molecule has 0 aliphatic heterocycles. The monoisotopic (exact) mass is 384 g/mol. The van der Waals surface area contributed by atoms with Gasteiger partial charge in [-0.15, -0.1) is 6.58 Å². The van der Waals surface area contributed by atoms with Crippen molar-refractivity contribution >= 4 is 34.4 Å². The molecule has 2 aromatic heterocycles. The maximum absolute atomic E-state index is 12.8. The first-order chi connectivity index (χ1) is 13.0. The first kappa shape index (κ1) is 18.9. The van der Waals surface area contributed by atoms with Crippen molar-refractivity contribution in [2.75, 3.05) is 5.32 Å². The van der Waals surface area contributed by atoms with Crippen LogP contribution >= 0.6 is 11.8 Å². The van der Waals surface area contributed by atoms with E-state index in [-0.39, 0.29) is 11.5 Å². The quantitative estimate of drug-likeness (QED) is 0.381.